The Labute approximate surface area is 80.1 Å². The fourth-order valence-electron chi connectivity index (χ4n) is 1.51. The summed E-state index contributed by atoms with van der Waals surface area (Å²) in [6.07, 6.45) is 5.85. The average molecular weight is 182 g/mol. The molecule has 0 N–H and O–H groups in total. The minimum absolute atomic E-state index is 0.704. The zero-order valence-electron chi connectivity index (χ0n) is 8.28. The Balaban J connectivity index is 2.31. The van der Waals surface area contributed by atoms with Gasteiger partial charge < -0.3 is 4.74 Å². The standard InChI is InChI=1S/C10H18N2O/c1-3-11-12(4-2)9-10-5-7-13-8-6-10/h3-4,10H,2,5-9H2,1H3. The third-order valence-corrected chi connectivity index (χ3v) is 2.26. The van der Waals surface area contributed by atoms with Crippen molar-refractivity contribution in [3.8, 4) is 0 Å². The summed E-state index contributed by atoms with van der Waals surface area (Å²) < 4.78 is 5.29. The molecule has 0 atom stereocenters. The lowest BCUT2D eigenvalue weighted by Gasteiger charge is -2.25. The van der Waals surface area contributed by atoms with Crippen molar-refractivity contribution < 1.29 is 4.74 Å². The SMILES string of the molecule is C=CN(CC1CCOCC1)N=CC. The Morgan fingerprint density at radius 2 is 2.23 bits per heavy atom. The van der Waals surface area contributed by atoms with Crippen LogP contribution in [0.1, 0.15) is 19.8 Å². The number of rotatable bonds is 4. The summed E-state index contributed by atoms with van der Waals surface area (Å²) in [6, 6.07) is 0. The van der Waals surface area contributed by atoms with Crippen molar-refractivity contribution in [1.29, 1.82) is 0 Å². The van der Waals surface area contributed by atoms with Crippen molar-refractivity contribution in [2.24, 2.45) is 11.0 Å². The predicted octanol–water partition coefficient (Wildman–Crippen LogP) is 1.86. The van der Waals surface area contributed by atoms with Crippen LogP contribution in [0.4, 0.5) is 0 Å². The summed E-state index contributed by atoms with van der Waals surface area (Å²) >= 11 is 0. The molecule has 1 fully saturated rings. The van der Waals surface area contributed by atoms with E-state index in [-0.39, 0.29) is 0 Å². The van der Waals surface area contributed by atoms with E-state index in [2.05, 4.69) is 11.7 Å². The Morgan fingerprint density at radius 3 is 2.77 bits per heavy atom. The van der Waals surface area contributed by atoms with E-state index in [0.717, 1.165) is 32.6 Å². The van der Waals surface area contributed by atoms with Crippen molar-refractivity contribution in [2.75, 3.05) is 19.8 Å². The molecule has 0 aromatic rings. The molecule has 74 valence electrons. The van der Waals surface area contributed by atoms with Gasteiger partial charge in [-0.2, -0.15) is 5.10 Å². The van der Waals surface area contributed by atoms with Gasteiger partial charge in [-0.25, -0.2) is 0 Å². The van der Waals surface area contributed by atoms with Crippen LogP contribution in [0.15, 0.2) is 17.9 Å². The second-order valence-electron chi connectivity index (χ2n) is 3.23. The van der Waals surface area contributed by atoms with Crippen LogP contribution in [-0.2, 0) is 4.74 Å². The molecule has 0 unspecified atom stereocenters. The zero-order chi connectivity index (χ0) is 9.52. The molecule has 3 nitrogen and oxygen atoms in total. The largest absolute Gasteiger partial charge is 0.381 e. The molecule has 0 aliphatic carbocycles. The first kappa shape index (κ1) is 10.3. The lowest BCUT2D eigenvalue weighted by atomic mass is 10.0. The van der Waals surface area contributed by atoms with Gasteiger partial charge in [0.25, 0.3) is 0 Å². The fourth-order valence-corrected chi connectivity index (χ4v) is 1.51. The molecule has 1 aliphatic rings. The number of ether oxygens (including phenoxy) is 1. The molecule has 0 aromatic carbocycles. The van der Waals surface area contributed by atoms with Gasteiger partial charge in [0, 0.05) is 32.2 Å². The van der Waals surface area contributed by atoms with Crippen LogP contribution in [0.2, 0.25) is 0 Å². The van der Waals surface area contributed by atoms with Crippen LogP contribution >= 0.6 is 0 Å². The summed E-state index contributed by atoms with van der Waals surface area (Å²) in [4.78, 5) is 0. The van der Waals surface area contributed by atoms with E-state index >= 15 is 0 Å². The molecule has 0 radical (unpaired) electrons. The molecule has 1 aliphatic heterocycles. The zero-order valence-corrected chi connectivity index (χ0v) is 8.28. The molecular weight excluding hydrogens is 164 g/mol. The third-order valence-electron chi connectivity index (χ3n) is 2.26. The van der Waals surface area contributed by atoms with Crippen molar-refractivity contribution in [2.45, 2.75) is 19.8 Å². The summed E-state index contributed by atoms with van der Waals surface area (Å²) in [5.74, 6) is 0.704. The van der Waals surface area contributed by atoms with Gasteiger partial charge in [0.05, 0.1) is 0 Å². The second kappa shape index (κ2) is 5.75. The van der Waals surface area contributed by atoms with Gasteiger partial charge in [0.1, 0.15) is 0 Å². The summed E-state index contributed by atoms with van der Waals surface area (Å²) in [7, 11) is 0. The maximum absolute atomic E-state index is 5.29. The molecule has 3 heteroatoms. The van der Waals surface area contributed by atoms with Gasteiger partial charge in [0.2, 0.25) is 0 Å². The monoisotopic (exact) mass is 182 g/mol. The van der Waals surface area contributed by atoms with Gasteiger partial charge in [-0.3, -0.25) is 5.01 Å². The summed E-state index contributed by atoms with van der Waals surface area (Å²) in [5.41, 5.74) is 0. The van der Waals surface area contributed by atoms with Crippen molar-refractivity contribution in [1.82, 2.24) is 5.01 Å². The van der Waals surface area contributed by atoms with E-state index in [1.165, 1.54) is 0 Å². The molecule has 1 rings (SSSR count). The highest BCUT2D eigenvalue weighted by atomic mass is 16.5. The summed E-state index contributed by atoms with van der Waals surface area (Å²) in [6.45, 7) is 8.40. The first-order valence-electron chi connectivity index (χ1n) is 4.82. The van der Waals surface area contributed by atoms with E-state index in [0.29, 0.717) is 5.92 Å². The summed E-state index contributed by atoms with van der Waals surface area (Å²) in [5, 5.41) is 6.08. The average Bonchev–Trinajstić information content (AvgIpc) is 2.19. The number of hydrazone groups is 1. The Hall–Kier alpha value is -0.830. The fraction of sp³-hybridized carbons (Fsp3) is 0.700. The maximum atomic E-state index is 5.29. The maximum Gasteiger partial charge on any atom is 0.0469 e. The smallest absolute Gasteiger partial charge is 0.0469 e. The molecule has 0 spiro atoms. The molecule has 0 aromatic heterocycles. The molecule has 0 bridgehead atoms. The van der Waals surface area contributed by atoms with Crippen LogP contribution in [0.5, 0.6) is 0 Å². The van der Waals surface area contributed by atoms with E-state index in [4.69, 9.17) is 4.74 Å². The van der Waals surface area contributed by atoms with Crippen LogP contribution in [-0.4, -0.2) is 31.0 Å². The van der Waals surface area contributed by atoms with Crippen LogP contribution in [0.3, 0.4) is 0 Å². The van der Waals surface area contributed by atoms with Crippen molar-refractivity contribution >= 4 is 6.21 Å². The lowest BCUT2D eigenvalue weighted by molar-refractivity contribution is 0.0582. The molecular formula is C10H18N2O. The van der Waals surface area contributed by atoms with E-state index in [1.54, 1.807) is 12.4 Å². The number of hydrogen-bond acceptors (Lipinski definition) is 3. The van der Waals surface area contributed by atoms with E-state index < -0.39 is 0 Å². The predicted molar refractivity (Wildman–Crippen MR) is 54.6 cm³/mol. The number of nitrogens with zero attached hydrogens (tertiary/aromatic N) is 2. The van der Waals surface area contributed by atoms with Gasteiger partial charge >= 0.3 is 0 Å². The third kappa shape index (κ3) is 3.59. The van der Waals surface area contributed by atoms with Crippen molar-refractivity contribution in [3.05, 3.63) is 12.8 Å². The van der Waals surface area contributed by atoms with Crippen LogP contribution < -0.4 is 0 Å². The Bertz CT molecular complexity index is 174. The number of hydrogen-bond donors (Lipinski definition) is 0. The van der Waals surface area contributed by atoms with Crippen molar-refractivity contribution in [3.63, 3.8) is 0 Å². The normalized spacial score (nSPS) is 19.2. The highest BCUT2D eigenvalue weighted by Crippen LogP contribution is 2.16. The Morgan fingerprint density at radius 1 is 1.54 bits per heavy atom. The molecule has 13 heavy (non-hydrogen) atoms. The minimum Gasteiger partial charge on any atom is -0.381 e. The molecule has 0 saturated carbocycles. The quantitative estimate of drug-likeness (QED) is 0.489. The van der Waals surface area contributed by atoms with E-state index in [1.807, 2.05) is 11.9 Å². The first-order valence-corrected chi connectivity index (χ1v) is 4.82. The second-order valence-corrected chi connectivity index (χ2v) is 3.23. The van der Waals surface area contributed by atoms with Crippen LogP contribution in [0, 0.1) is 5.92 Å². The van der Waals surface area contributed by atoms with Gasteiger partial charge in [-0.05, 0) is 25.7 Å². The first-order chi connectivity index (χ1) is 6.36. The van der Waals surface area contributed by atoms with Crippen LogP contribution in [0.25, 0.3) is 0 Å². The topological polar surface area (TPSA) is 24.8 Å². The molecule has 1 saturated heterocycles. The van der Waals surface area contributed by atoms with Gasteiger partial charge in [-0.1, -0.05) is 6.58 Å². The molecule has 1 heterocycles. The Kier molecular flexibility index (Phi) is 4.54. The minimum atomic E-state index is 0.704. The lowest BCUT2D eigenvalue weighted by Crippen LogP contribution is -2.25. The highest BCUT2D eigenvalue weighted by molar-refractivity contribution is 5.52. The van der Waals surface area contributed by atoms with Gasteiger partial charge in [0.15, 0.2) is 0 Å². The highest BCUT2D eigenvalue weighted by Gasteiger charge is 2.15. The van der Waals surface area contributed by atoms with E-state index in [9.17, 15) is 0 Å². The van der Waals surface area contributed by atoms with Gasteiger partial charge in [-0.15, -0.1) is 0 Å². The molecule has 0 amide bonds.